The van der Waals surface area contributed by atoms with E-state index >= 15 is 0 Å². The normalized spacial score (nSPS) is 13.3. The number of aryl methyl sites for hydroxylation is 1. The van der Waals surface area contributed by atoms with Gasteiger partial charge in [-0.15, -0.1) is 0 Å². The Labute approximate surface area is 127 Å². The van der Waals surface area contributed by atoms with Crippen LogP contribution in [0.4, 0.5) is 17.6 Å². The summed E-state index contributed by atoms with van der Waals surface area (Å²) in [5, 5.41) is 10.2. The standard InChI is InChI=1S/C15H11BrF4O/c1-8-6-9(2-5-13(8)17)14(21)11-4-3-10(16)7-12(11)15(18,19)20/h2-7,14,21H,1H3. The molecule has 0 aliphatic heterocycles. The van der Waals surface area contributed by atoms with Gasteiger partial charge in [0.2, 0.25) is 0 Å². The molecule has 1 nitrogen and oxygen atoms in total. The van der Waals surface area contributed by atoms with Gasteiger partial charge in [0.15, 0.2) is 0 Å². The Morgan fingerprint density at radius 1 is 1.10 bits per heavy atom. The van der Waals surface area contributed by atoms with Crippen molar-refractivity contribution in [2.75, 3.05) is 0 Å². The SMILES string of the molecule is Cc1cc(C(O)c2ccc(Br)cc2C(F)(F)F)ccc1F. The minimum absolute atomic E-state index is 0.210. The molecule has 0 amide bonds. The van der Waals surface area contributed by atoms with E-state index in [0.717, 1.165) is 12.1 Å². The predicted octanol–water partition coefficient (Wildman–Crippen LogP) is 5.00. The molecule has 0 spiro atoms. The lowest BCUT2D eigenvalue weighted by Crippen LogP contribution is -2.13. The summed E-state index contributed by atoms with van der Waals surface area (Å²) in [5.41, 5.74) is -0.720. The largest absolute Gasteiger partial charge is 0.416 e. The molecule has 0 aliphatic carbocycles. The van der Waals surface area contributed by atoms with Gasteiger partial charge in [0, 0.05) is 4.47 Å². The van der Waals surface area contributed by atoms with Crippen LogP contribution in [0.5, 0.6) is 0 Å². The van der Waals surface area contributed by atoms with E-state index in [4.69, 9.17) is 0 Å². The van der Waals surface area contributed by atoms with E-state index in [0.29, 0.717) is 0 Å². The average molecular weight is 363 g/mol. The monoisotopic (exact) mass is 362 g/mol. The summed E-state index contributed by atoms with van der Waals surface area (Å²) in [6.45, 7) is 1.48. The first kappa shape index (κ1) is 16.0. The van der Waals surface area contributed by atoms with Crippen LogP contribution in [-0.2, 0) is 6.18 Å². The van der Waals surface area contributed by atoms with Gasteiger partial charge in [0.25, 0.3) is 0 Å². The maximum Gasteiger partial charge on any atom is 0.416 e. The van der Waals surface area contributed by atoms with E-state index < -0.39 is 23.7 Å². The summed E-state index contributed by atoms with van der Waals surface area (Å²) in [4.78, 5) is 0. The van der Waals surface area contributed by atoms with Crippen LogP contribution in [0.15, 0.2) is 40.9 Å². The topological polar surface area (TPSA) is 20.2 Å². The Hall–Kier alpha value is -1.40. The van der Waals surface area contributed by atoms with Gasteiger partial charge in [-0.2, -0.15) is 13.2 Å². The predicted molar refractivity (Wildman–Crippen MR) is 74.3 cm³/mol. The van der Waals surface area contributed by atoms with Crippen LogP contribution >= 0.6 is 15.9 Å². The summed E-state index contributed by atoms with van der Waals surface area (Å²) >= 11 is 2.98. The molecule has 112 valence electrons. The number of alkyl halides is 3. The molecule has 1 unspecified atom stereocenters. The van der Waals surface area contributed by atoms with Crippen LogP contribution in [0.1, 0.15) is 28.4 Å². The van der Waals surface area contributed by atoms with Gasteiger partial charge in [0.05, 0.1) is 5.56 Å². The number of hydrogen-bond donors (Lipinski definition) is 1. The highest BCUT2D eigenvalue weighted by molar-refractivity contribution is 9.10. The second-order valence-electron chi connectivity index (χ2n) is 4.64. The highest BCUT2D eigenvalue weighted by atomic mass is 79.9. The van der Waals surface area contributed by atoms with Gasteiger partial charge in [-0.1, -0.05) is 34.1 Å². The lowest BCUT2D eigenvalue weighted by Gasteiger charge is -2.18. The maximum absolute atomic E-state index is 13.2. The van der Waals surface area contributed by atoms with Gasteiger partial charge in [-0.05, 0) is 41.8 Å². The lowest BCUT2D eigenvalue weighted by molar-refractivity contribution is -0.139. The Kier molecular flexibility index (Phi) is 4.39. The fourth-order valence-electron chi connectivity index (χ4n) is 2.03. The first-order valence-electron chi connectivity index (χ1n) is 6.01. The van der Waals surface area contributed by atoms with Crippen molar-refractivity contribution < 1.29 is 22.7 Å². The molecule has 0 heterocycles. The van der Waals surface area contributed by atoms with Gasteiger partial charge in [-0.25, -0.2) is 4.39 Å². The molecule has 0 radical (unpaired) electrons. The molecule has 2 rings (SSSR count). The van der Waals surface area contributed by atoms with E-state index in [1.807, 2.05) is 0 Å². The quantitative estimate of drug-likeness (QED) is 0.745. The second kappa shape index (κ2) is 5.77. The molecule has 6 heteroatoms. The first-order chi connectivity index (χ1) is 9.70. The maximum atomic E-state index is 13.2. The molecule has 0 saturated carbocycles. The lowest BCUT2D eigenvalue weighted by atomic mass is 9.95. The Bertz CT molecular complexity index is 667. The van der Waals surface area contributed by atoms with Crippen LogP contribution in [0.3, 0.4) is 0 Å². The number of aliphatic hydroxyl groups excluding tert-OH is 1. The molecule has 1 atom stereocenters. The molecule has 0 aliphatic rings. The highest BCUT2D eigenvalue weighted by Gasteiger charge is 2.35. The molecule has 0 aromatic heterocycles. The van der Waals surface area contributed by atoms with Gasteiger partial charge in [-0.3, -0.25) is 0 Å². The van der Waals surface area contributed by atoms with Gasteiger partial charge < -0.3 is 5.11 Å². The van der Waals surface area contributed by atoms with Crippen LogP contribution in [0.25, 0.3) is 0 Å². The zero-order valence-electron chi connectivity index (χ0n) is 10.9. The summed E-state index contributed by atoms with van der Waals surface area (Å²) in [6.07, 6.45) is -6.07. The first-order valence-corrected chi connectivity index (χ1v) is 6.80. The zero-order chi connectivity index (χ0) is 15.8. The molecule has 1 N–H and O–H groups in total. The molecule has 0 fully saturated rings. The summed E-state index contributed by atoms with van der Waals surface area (Å²) in [6, 6.07) is 7.27. The number of benzene rings is 2. The van der Waals surface area contributed by atoms with E-state index in [9.17, 15) is 22.7 Å². The van der Waals surface area contributed by atoms with Crippen molar-refractivity contribution >= 4 is 15.9 Å². The number of aliphatic hydroxyl groups is 1. The Morgan fingerprint density at radius 2 is 1.76 bits per heavy atom. The van der Waals surface area contributed by atoms with Crippen molar-refractivity contribution in [1.29, 1.82) is 0 Å². The molecular weight excluding hydrogens is 352 g/mol. The number of rotatable bonds is 2. The van der Waals surface area contributed by atoms with Crippen molar-refractivity contribution in [2.45, 2.75) is 19.2 Å². The summed E-state index contributed by atoms with van der Waals surface area (Å²) in [7, 11) is 0. The minimum atomic E-state index is -4.59. The van der Waals surface area contributed by atoms with E-state index in [-0.39, 0.29) is 21.2 Å². The van der Waals surface area contributed by atoms with Gasteiger partial charge >= 0.3 is 6.18 Å². The number of halogens is 5. The third kappa shape index (κ3) is 3.44. The Balaban J connectivity index is 2.52. The highest BCUT2D eigenvalue weighted by Crippen LogP contribution is 2.38. The van der Waals surface area contributed by atoms with E-state index in [2.05, 4.69) is 15.9 Å². The minimum Gasteiger partial charge on any atom is -0.384 e. The van der Waals surface area contributed by atoms with Crippen molar-refractivity contribution in [3.05, 3.63) is 68.9 Å². The average Bonchev–Trinajstić information content (AvgIpc) is 2.40. The van der Waals surface area contributed by atoms with Crippen molar-refractivity contribution in [1.82, 2.24) is 0 Å². The summed E-state index contributed by atoms with van der Waals surface area (Å²) in [5.74, 6) is -0.474. The Morgan fingerprint density at radius 3 is 2.33 bits per heavy atom. The molecule has 0 saturated heterocycles. The second-order valence-corrected chi connectivity index (χ2v) is 5.56. The fourth-order valence-corrected chi connectivity index (χ4v) is 2.39. The third-order valence-corrected chi connectivity index (χ3v) is 3.61. The van der Waals surface area contributed by atoms with Crippen molar-refractivity contribution in [3.8, 4) is 0 Å². The summed E-state index contributed by atoms with van der Waals surface area (Å²) < 4.78 is 52.7. The van der Waals surface area contributed by atoms with Crippen molar-refractivity contribution in [2.24, 2.45) is 0 Å². The molecule has 0 bridgehead atoms. The van der Waals surface area contributed by atoms with Gasteiger partial charge in [0.1, 0.15) is 11.9 Å². The molecule has 2 aromatic carbocycles. The van der Waals surface area contributed by atoms with Crippen LogP contribution < -0.4 is 0 Å². The smallest absolute Gasteiger partial charge is 0.384 e. The number of hydrogen-bond acceptors (Lipinski definition) is 1. The van der Waals surface area contributed by atoms with E-state index in [1.165, 1.54) is 31.2 Å². The molecule has 2 aromatic rings. The molecular formula is C15H11BrF4O. The fraction of sp³-hybridized carbons (Fsp3) is 0.200. The van der Waals surface area contributed by atoms with Crippen LogP contribution in [-0.4, -0.2) is 5.11 Å². The van der Waals surface area contributed by atoms with E-state index in [1.54, 1.807) is 0 Å². The third-order valence-electron chi connectivity index (χ3n) is 3.11. The zero-order valence-corrected chi connectivity index (χ0v) is 12.5. The van der Waals surface area contributed by atoms with Crippen LogP contribution in [0, 0.1) is 12.7 Å². The molecule has 21 heavy (non-hydrogen) atoms. The van der Waals surface area contributed by atoms with Crippen LogP contribution in [0.2, 0.25) is 0 Å². The van der Waals surface area contributed by atoms with Crippen molar-refractivity contribution in [3.63, 3.8) is 0 Å².